The normalized spacial score (nSPS) is 18.1. The maximum Gasteiger partial charge on any atom is 0.325 e. The topological polar surface area (TPSA) is 93.2 Å². The summed E-state index contributed by atoms with van der Waals surface area (Å²) < 4.78 is 31.6. The third-order valence-electron chi connectivity index (χ3n) is 7.72. The highest BCUT2D eigenvalue weighted by atomic mass is 19.1. The molecule has 2 aliphatic heterocycles. The van der Waals surface area contributed by atoms with Gasteiger partial charge in [-0.2, -0.15) is 0 Å². The fourth-order valence-corrected chi connectivity index (χ4v) is 5.64. The first kappa shape index (κ1) is 29.1. The number of aryl methyl sites for hydroxylation is 1. The van der Waals surface area contributed by atoms with E-state index in [4.69, 9.17) is 19.2 Å². The molecule has 3 heterocycles. The molecule has 214 valence electrons. The zero-order chi connectivity index (χ0) is 27.9. The summed E-state index contributed by atoms with van der Waals surface area (Å²) in [6.45, 7) is 6.48. The molecule has 1 aromatic heterocycles. The number of hydrogen-bond acceptors (Lipinski definition) is 7. The highest BCUT2D eigenvalue weighted by Crippen LogP contribution is 2.36. The van der Waals surface area contributed by atoms with Crippen molar-refractivity contribution in [1.29, 1.82) is 0 Å². The van der Waals surface area contributed by atoms with Gasteiger partial charge in [0.1, 0.15) is 29.2 Å². The van der Waals surface area contributed by atoms with E-state index in [1.54, 1.807) is 13.2 Å². The number of hydrogen-bond donors (Lipinski definition) is 2. The first-order valence-corrected chi connectivity index (χ1v) is 14.1. The van der Waals surface area contributed by atoms with Crippen molar-refractivity contribution in [2.45, 2.75) is 76.9 Å². The minimum atomic E-state index is -0.974. The van der Waals surface area contributed by atoms with Gasteiger partial charge in [0.25, 0.3) is 0 Å². The molecule has 0 bridgehead atoms. The number of carboxylic acids is 1. The number of ether oxygens (including phenoxy) is 3. The van der Waals surface area contributed by atoms with Crippen LogP contribution in [0, 0.1) is 5.82 Å². The third kappa shape index (κ3) is 7.00. The largest absolute Gasteiger partial charge is 0.496 e. The van der Waals surface area contributed by atoms with Crippen LogP contribution in [0.3, 0.4) is 0 Å². The number of benzene rings is 1. The number of anilines is 1. The van der Waals surface area contributed by atoms with Crippen LogP contribution in [-0.4, -0.2) is 67.5 Å². The summed E-state index contributed by atoms with van der Waals surface area (Å²) in [5.41, 5.74) is 3.20. The van der Waals surface area contributed by atoms with Gasteiger partial charge in [0.05, 0.1) is 20.3 Å². The Morgan fingerprint density at radius 3 is 2.67 bits per heavy atom. The lowest BCUT2D eigenvalue weighted by molar-refractivity contribution is -0.143. The van der Waals surface area contributed by atoms with Crippen molar-refractivity contribution in [3.05, 3.63) is 46.4 Å². The lowest BCUT2D eigenvalue weighted by atomic mass is 9.95. The molecule has 9 heteroatoms. The van der Waals surface area contributed by atoms with Crippen LogP contribution < -0.4 is 14.8 Å². The number of nitrogens with zero attached hydrogens (tertiary/aromatic N) is 2. The smallest absolute Gasteiger partial charge is 0.325 e. The van der Waals surface area contributed by atoms with Crippen LogP contribution in [0.1, 0.15) is 80.3 Å². The van der Waals surface area contributed by atoms with Crippen molar-refractivity contribution in [2.24, 2.45) is 0 Å². The number of aromatic nitrogens is 1. The van der Waals surface area contributed by atoms with Gasteiger partial charge in [-0.15, -0.1) is 0 Å². The van der Waals surface area contributed by atoms with Crippen LogP contribution in [-0.2, 0) is 22.4 Å². The Morgan fingerprint density at radius 2 is 1.95 bits per heavy atom. The molecule has 0 saturated carbocycles. The Hall–Kier alpha value is -2.91. The molecule has 0 amide bonds. The van der Waals surface area contributed by atoms with Gasteiger partial charge in [-0.05, 0) is 56.1 Å². The summed E-state index contributed by atoms with van der Waals surface area (Å²) in [5, 5.41) is 13.5. The minimum absolute atomic E-state index is 0.0273. The van der Waals surface area contributed by atoms with Crippen LogP contribution in [0.15, 0.2) is 18.2 Å². The Balaban J connectivity index is 1.26. The Kier molecular flexibility index (Phi) is 10.0. The highest BCUT2D eigenvalue weighted by molar-refractivity contribution is 5.77. The monoisotopic (exact) mass is 543 g/mol. The Morgan fingerprint density at radius 1 is 1.15 bits per heavy atom. The summed E-state index contributed by atoms with van der Waals surface area (Å²) in [6.07, 6.45) is 6.68. The van der Waals surface area contributed by atoms with Crippen LogP contribution in [0.4, 0.5) is 10.2 Å². The molecule has 1 aromatic carbocycles. The van der Waals surface area contributed by atoms with Gasteiger partial charge in [-0.25, -0.2) is 9.37 Å². The summed E-state index contributed by atoms with van der Waals surface area (Å²) in [5.74, 6) is 0.724. The molecule has 1 saturated heterocycles. The van der Waals surface area contributed by atoms with Gasteiger partial charge in [0.2, 0.25) is 0 Å². The molecule has 1 fully saturated rings. The molecule has 39 heavy (non-hydrogen) atoms. The molecule has 2 atom stereocenters. The summed E-state index contributed by atoms with van der Waals surface area (Å²) >= 11 is 0. The van der Waals surface area contributed by atoms with Crippen molar-refractivity contribution in [2.75, 3.05) is 45.8 Å². The van der Waals surface area contributed by atoms with E-state index in [0.29, 0.717) is 30.8 Å². The highest BCUT2D eigenvalue weighted by Gasteiger charge is 2.36. The first-order chi connectivity index (χ1) is 18.8. The van der Waals surface area contributed by atoms with Gasteiger partial charge < -0.3 is 24.6 Å². The van der Waals surface area contributed by atoms with Crippen molar-refractivity contribution < 1.29 is 28.5 Å². The second-order valence-corrected chi connectivity index (χ2v) is 10.8. The molecule has 0 aliphatic carbocycles. The second kappa shape index (κ2) is 13.4. The zero-order valence-corrected chi connectivity index (χ0v) is 23.6. The van der Waals surface area contributed by atoms with Crippen LogP contribution in [0.5, 0.6) is 11.5 Å². The third-order valence-corrected chi connectivity index (χ3v) is 7.72. The molecule has 2 N–H and O–H groups in total. The van der Waals surface area contributed by atoms with E-state index in [0.717, 1.165) is 68.8 Å². The first-order valence-electron chi connectivity index (χ1n) is 14.1. The van der Waals surface area contributed by atoms with Crippen LogP contribution in [0.25, 0.3) is 0 Å². The van der Waals surface area contributed by atoms with Crippen molar-refractivity contribution >= 4 is 11.8 Å². The van der Waals surface area contributed by atoms with Gasteiger partial charge in [0.15, 0.2) is 0 Å². The number of carbonyl (C=O) groups is 1. The van der Waals surface area contributed by atoms with Crippen LogP contribution in [0.2, 0.25) is 0 Å². The Labute approximate surface area is 230 Å². The van der Waals surface area contributed by atoms with E-state index in [1.807, 2.05) is 18.7 Å². The number of fused-ring (bicyclic) bond motifs is 1. The molecule has 0 spiro atoms. The van der Waals surface area contributed by atoms with Gasteiger partial charge in [-0.3, -0.25) is 9.69 Å². The van der Waals surface area contributed by atoms with E-state index in [9.17, 15) is 14.3 Å². The standard InChI is InChI=1S/C30H42FN3O5/c1-19(2)23-16-24(27(38-4)17-25(23)31)28(30(35)36)34-13-11-21(18-34)39-14-7-5-6-9-20-15-26(37-3)22-10-8-12-32-29(22)33-20/h15-17,19,21,28H,5-14,18H2,1-4H3,(H,32,33)(H,35,36)/t21-,28-/m1/s1. The lowest BCUT2D eigenvalue weighted by Gasteiger charge is -2.27. The van der Waals surface area contributed by atoms with Gasteiger partial charge >= 0.3 is 5.97 Å². The Bertz CT molecular complexity index is 1120. The number of unbranched alkanes of at least 4 members (excludes halogenated alkanes) is 2. The summed E-state index contributed by atoms with van der Waals surface area (Å²) in [7, 11) is 3.16. The molecule has 2 aliphatic rings. The van der Waals surface area contributed by atoms with Crippen molar-refractivity contribution in [3.8, 4) is 11.5 Å². The number of carboxylic acid groups (broad SMARTS) is 1. The average molecular weight is 544 g/mol. The molecule has 2 aromatic rings. The quantitative estimate of drug-likeness (QED) is 0.327. The van der Waals surface area contributed by atoms with Gasteiger partial charge in [-0.1, -0.05) is 20.3 Å². The van der Waals surface area contributed by atoms with Crippen molar-refractivity contribution in [3.63, 3.8) is 0 Å². The molecule has 0 unspecified atom stereocenters. The number of halogens is 1. The number of methoxy groups -OCH3 is 2. The fourth-order valence-electron chi connectivity index (χ4n) is 5.64. The predicted octanol–water partition coefficient (Wildman–Crippen LogP) is 5.35. The molecular formula is C30H42FN3O5. The second-order valence-electron chi connectivity index (χ2n) is 10.8. The molecule has 4 rings (SSSR count). The fraction of sp³-hybridized carbons (Fsp3) is 0.600. The van der Waals surface area contributed by atoms with E-state index in [1.165, 1.54) is 18.7 Å². The predicted molar refractivity (Wildman–Crippen MR) is 149 cm³/mol. The van der Waals surface area contributed by atoms with Gasteiger partial charge in [0, 0.05) is 55.2 Å². The number of nitrogens with one attached hydrogen (secondary N) is 1. The zero-order valence-electron chi connectivity index (χ0n) is 23.6. The van der Waals surface area contributed by atoms with E-state index >= 15 is 0 Å². The van der Waals surface area contributed by atoms with E-state index < -0.39 is 12.0 Å². The molecule has 8 nitrogen and oxygen atoms in total. The number of likely N-dealkylation sites (tertiary alicyclic amines) is 1. The maximum absolute atomic E-state index is 14.5. The summed E-state index contributed by atoms with van der Waals surface area (Å²) in [4.78, 5) is 19.0. The van der Waals surface area contributed by atoms with Crippen molar-refractivity contribution in [1.82, 2.24) is 9.88 Å². The maximum atomic E-state index is 14.5. The minimum Gasteiger partial charge on any atom is -0.496 e. The lowest BCUT2D eigenvalue weighted by Crippen LogP contribution is -2.34. The SMILES string of the molecule is COc1cc(F)c(C(C)C)cc1[C@H](C(=O)O)N1CC[C@@H](OCCCCCc2cc(OC)c3c(n2)NCCC3)C1. The van der Waals surface area contributed by atoms with E-state index in [-0.39, 0.29) is 23.6 Å². The molecular weight excluding hydrogens is 501 g/mol. The number of pyridine rings is 1. The molecule has 0 radical (unpaired) electrons. The van der Waals surface area contributed by atoms with E-state index in [2.05, 4.69) is 11.4 Å². The summed E-state index contributed by atoms with van der Waals surface area (Å²) in [6, 6.07) is 4.10. The average Bonchev–Trinajstić information content (AvgIpc) is 3.38. The number of rotatable bonds is 13. The number of aliphatic carboxylic acids is 1. The van der Waals surface area contributed by atoms with Crippen LogP contribution >= 0.6 is 0 Å².